The maximum Gasteiger partial charge on any atom is 0.521 e. The van der Waals surface area contributed by atoms with E-state index in [1.807, 2.05) is 0 Å². The first-order valence-electron chi connectivity index (χ1n) is 7.54. The maximum atomic E-state index is 6.04. The number of aryl methyl sites for hydroxylation is 1. The van der Waals surface area contributed by atoms with E-state index in [0.717, 1.165) is 19.3 Å². The van der Waals surface area contributed by atoms with Gasteiger partial charge in [0.05, 0.1) is 11.2 Å². The van der Waals surface area contributed by atoms with Crippen molar-refractivity contribution in [2.45, 2.75) is 64.1 Å². The van der Waals surface area contributed by atoms with Crippen molar-refractivity contribution in [3.05, 3.63) is 35.9 Å². The Morgan fingerprint density at radius 1 is 1.05 bits per heavy atom. The van der Waals surface area contributed by atoms with Gasteiger partial charge < -0.3 is 15.0 Å². The van der Waals surface area contributed by atoms with Crippen molar-refractivity contribution in [3.8, 4) is 0 Å². The summed E-state index contributed by atoms with van der Waals surface area (Å²) in [5.74, 6) is 0.180. The molecule has 1 fully saturated rings. The van der Waals surface area contributed by atoms with Gasteiger partial charge in [0, 0.05) is 0 Å². The van der Waals surface area contributed by atoms with Gasteiger partial charge in [0.25, 0.3) is 0 Å². The van der Waals surface area contributed by atoms with Crippen LogP contribution in [-0.4, -0.2) is 24.3 Å². The topological polar surface area (TPSA) is 46.1 Å². The van der Waals surface area contributed by atoms with Gasteiger partial charge in [0.1, 0.15) is 5.94 Å². The zero-order chi connectivity index (χ0) is 14.8. The molecule has 1 atom stereocenters. The molecule has 0 radical (unpaired) electrons. The van der Waals surface area contributed by atoms with Crippen molar-refractivity contribution < 1.29 is 15.0 Å². The standard InChI is InChI=1S/C16H26BNO2/c1-15(2)16(3,4)20-17(19-15)14(18)12-8-11-13-9-6-5-7-10-13/h5-7,9-10,14H,8,11-12,18H2,1-4H3/p+1/t14-/m0/s1. The molecule has 1 aliphatic heterocycles. The fourth-order valence-electron chi connectivity index (χ4n) is 2.43. The van der Waals surface area contributed by atoms with Crippen LogP contribution in [0.4, 0.5) is 0 Å². The Bertz CT molecular complexity index is 417. The van der Waals surface area contributed by atoms with Crippen LogP contribution in [0, 0.1) is 0 Å². The maximum absolute atomic E-state index is 6.04. The molecule has 0 bridgehead atoms. The van der Waals surface area contributed by atoms with E-state index >= 15 is 0 Å². The third-order valence-corrected chi connectivity index (χ3v) is 4.54. The Balaban J connectivity index is 1.80. The van der Waals surface area contributed by atoms with Crippen LogP contribution in [0.5, 0.6) is 0 Å². The van der Waals surface area contributed by atoms with E-state index in [0.29, 0.717) is 0 Å². The Labute approximate surface area is 123 Å². The summed E-state index contributed by atoms with van der Waals surface area (Å²) in [6.45, 7) is 8.35. The monoisotopic (exact) mass is 276 g/mol. The molecule has 3 nitrogen and oxygen atoms in total. The van der Waals surface area contributed by atoms with Crippen molar-refractivity contribution in [1.29, 1.82) is 0 Å². The highest BCUT2D eigenvalue weighted by Gasteiger charge is 2.54. The first-order valence-corrected chi connectivity index (χ1v) is 7.54. The Morgan fingerprint density at radius 3 is 2.15 bits per heavy atom. The Kier molecular flexibility index (Phi) is 4.57. The SMILES string of the molecule is CC1(C)OB([C@@H]([NH3+])CCCc2ccccc2)OC1(C)C. The van der Waals surface area contributed by atoms with Crippen LogP contribution in [-0.2, 0) is 15.7 Å². The molecule has 1 aliphatic rings. The lowest BCUT2D eigenvalue weighted by Crippen LogP contribution is -2.68. The van der Waals surface area contributed by atoms with E-state index < -0.39 is 0 Å². The normalized spacial score (nSPS) is 21.9. The second-order valence-corrected chi connectivity index (χ2v) is 6.76. The average Bonchev–Trinajstić information content (AvgIpc) is 2.60. The highest BCUT2D eigenvalue weighted by Crippen LogP contribution is 2.37. The molecule has 0 aliphatic carbocycles. The van der Waals surface area contributed by atoms with Crippen LogP contribution < -0.4 is 5.73 Å². The lowest BCUT2D eigenvalue weighted by atomic mass is 9.76. The molecule has 1 heterocycles. The van der Waals surface area contributed by atoms with E-state index in [2.05, 4.69) is 63.8 Å². The first kappa shape index (κ1) is 15.6. The third-order valence-electron chi connectivity index (χ3n) is 4.54. The van der Waals surface area contributed by atoms with Crippen LogP contribution in [0.3, 0.4) is 0 Å². The zero-order valence-electron chi connectivity index (χ0n) is 13.2. The van der Waals surface area contributed by atoms with E-state index in [4.69, 9.17) is 9.31 Å². The van der Waals surface area contributed by atoms with Crippen molar-refractivity contribution in [2.75, 3.05) is 0 Å². The second-order valence-electron chi connectivity index (χ2n) is 6.76. The molecular weight excluding hydrogens is 249 g/mol. The summed E-state index contributed by atoms with van der Waals surface area (Å²) in [5, 5.41) is 0. The predicted octanol–water partition coefficient (Wildman–Crippen LogP) is 2.25. The summed E-state index contributed by atoms with van der Waals surface area (Å²) in [4.78, 5) is 0. The van der Waals surface area contributed by atoms with Crippen LogP contribution in [0.15, 0.2) is 30.3 Å². The largest absolute Gasteiger partial charge is 0.521 e. The third kappa shape index (κ3) is 3.43. The molecule has 1 aromatic rings. The summed E-state index contributed by atoms with van der Waals surface area (Å²) < 4.78 is 12.1. The summed E-state index contributed by atoms with van der Waals surface area (Å²) in [6.07, 6.45) is 3.22. The molecular formula is C16H27BNO2+. The lowest BCUT2D eigenvalue weighted by Gasteiger charge is -2.32. The van der Waals surface area contributed by atoms with Crippen LogP contribution in [0.25, 0.3) is 0 Å². The summed E-state index contributed by atoms with van der Waals surface area (Å²) in [5.41, 5.74) is 5.10. The molecule has 1 saturated heterocycles. The van der Waals surface area contributed by atoms with Crippen molar-refractivity contribution in [1.82, 2.24) is 0 Å². The van der Waals surface area contributed by atoms with Gasteiger partial charge >= 0.3 is 7.12 Å². The first-order chi connectivity index (χ1) is 9.32. The van der Waals surface area contributed by atoms with Gasteiger partial charge in [-0.05, 0) is 52.5 Å². The Hall–Kier alpha value is -0.835. The number of hydrogen-bond acceptors (Lipinski definition) is 2. The van der Waals surface area contributed by atoms with Crippen molar-refractivity contribution in [2.24, 2.45) is 0 Å². The summed E-state index contributed by atoms with van der Waals surface area (Å²) >= 11 is 0. The van der Waals surface area contributed by atoms with Gasteiger partial charge in [0.2, 0.25) is 0 Å². The minimum absolute atomic E-state index is 0.180. The number of benzene rings is 1. The van der Waals surface area contributed by atoms with Crippen LogP contribution >= 0.6 is 0 Å². The lowest BCUT2D eigenvalue weighted by molar-refractivity contribution is -0.399. The van der Waals surface area contributed by atoms with Gasteiger partial charge in [-0.3, -0.25) is 0 Å². The molecule has 0 spiro atoms. The molecule has 110 valence electrons. The highest BCUT2D eigenvalue weighted by atomic mass is 16.7. The predicted molar refractivity (Wildman–Crippen MR) is 82.1 cm³/mol. The fourth-order valence-corrected chi connectivity index (χ4v) is 2.43. The molecule has 0 aromatic heterocycles. The van der Waals surface area contributed by atoms with Gasteiger partial charge in [-0.2, -0.15) is 0 Å². The van der Waals surface area contributed by atoms with E-state index in [1.165, 1.54) is 5.56 Å². The van der Waals surface area contributed by atoms with Gasteiger partial charge in [-0.1, -0.05) is 30.3 Å². The number of hydrogen-bond donors (Lipinski definition) is 1. The fraction of sp³-hybridized carbons (Fsp3) is 0.625. The van der Waals surface area contributed by atoms with Crippen LogP contribution in [0.1, 0.15) is 46.1 Å². The van der Waals surface area contributed by atoms with Crippen molar-refractivity contribution in [3.63, 3.8) is 0 Å². The smallest absolute Gasteiger partial charge is 0.399 e. The number of quaternary nitrogens is 1. The average molecular weight is 276 g/mol. The van der Waals surface area contributed by atoms with Gasteiger partial charge in [0.15, 0.2) is 0 Å². The Morgan fingerprint density at radius 2 is 1.60 bits per heavy atom. The zero-order valence-corrected chi connectivity index (χ0v) is 13.2. The molecule has 0 saturated carbocycles. The van der Waals surface area contributed by atoms with Gasteiger partial charge in [-0.25, -0.2) is 0 Å². The molecule has 0 unspecified atom stereocenters. The molecule has 3 N–H and O–H groups in total. The van der Waals surface area contributed by atoms with E-state index in [9.17, 15) is 0 Å². The molecule has 2 rings (SSSR count). The molecule has 20 heavy (non-hydrogen) atoms. The minimum Gasteiger partial charge on any atom is -0.399 e. The summed E-state index contributed by atoms with van der Waals surface area (Å²) in [7, 11) is -0.184. The van der Waals surface area contributed by atoms with Crippen LogP contribution in [0.2, 0.25) is 0 Å². The van der Waals surface area contributed by atoms with E-state index in [1.54, 1.807) is 0 Å². The van der Waals surface area contributed by atoms with Gasteiger partial charge in [-0.15, -0.1) is 0 Å². The number of rotatable bonds is 5. The summed E-state index contributed by atoms with van der Waals surface area (Å²) in [6, 6.07) is 10.6. The minimum atomic E-state index is -0.257. The van der Waals surface area contributed by atoms with Crippen molar-refractivity contribution >= 4 is 7.12 Å². The molecule has 4 heteroatoms. The molecule has 1 aromatic carbocycles. The quantitative estimate of drug-likeness (QED) is 0.838. The van der Waals surface area contributed by atoms with E-state index in [-0.39, 0.29) is 24.3 Å². The highest BCUT2D eigenvalue weighted by molar-refractivity contribution is 6.46. The molecule has 0 amide bonds. The second kappa shape index (κ2) is 5.88.